The van der Waals surface area contributed by atoms with Crippen molar-refractivity contribution >= 4 is 11.7 Å². The number of amides is 1. The van der Waals surface area contributed by atoms with Gasteiger partial charge in [0.25, 0.3) is 11.3 Å². The highest BCUT2D eigenvalue weighted by Gasteiger charge is 2.17. The number of carbonyl (C=O) groups is 1. The molecule has 0 radical (unpaired) electrons. The summed E-state index contributed by atoms with van der Waals surface area (Å²) in [6.45, 7) is 1.77. The number of aromatic amines is 1. The molecular formula is C23H23N5O2. The molecule has 0 aliphatic carbocycles. The number of fused-ring (bicyclic) bond motifs is 1. The average molecular weight is 401 g/mol. The molecule has 0 saturated carbocycles. The fraction of sp³-hybridized carbons (Fsp3) is 0.217. The summed E-state index contributed by atoms with van der Waals surface area (Å²) in [4.78, 5) is 33.7. The van der Waals surface area contributed by atoms with Gasteiger partial charge in [0, 0.05) is 12.0 Å². The maximum Gasteiger partial charge on any atom is 0.277 e. The lowest BCUT2D eigenvalue weighted by molar-refractivity contribution is -0.121. The zero-order valence-electron chi connectivity index (χ0n) is 16.7. The third-order valence-corrected chi connectivity index (χ3v) is 5.15. The Balaban J connectivity index is 1.48. The molecule has 4 aromatic rings. The number of aromatic nitrogens is 4. The van der Waals surface area contributed by atoms with E-state index in [0.29, 0.717) is 29.9 Å². The highest BCUT2D eigenvalue weighted by atomic mass is 16.1. The van der Waals surface area contributed by atoms with Gasteiger partial charge < -0.3 is 5.32 Å². The van der Waals surface area contributed by atoms with Crippen molar-refractivity contribution in [3.8, 4) is 0 Å². The van der Waals surface area contributed by atoms with Gasteiger partial charge in [-0.3, -0.25) is 14.7 Å². The van der Waals surface area contributed by atoms with Crippen LogP contribution in [-0.4, -0.2) is 25.5 Å². The summed E-state index contributed by atoms with van der Waals surface area (Å²) in [5.41, 5.74) is 3.10. The summed E-state index contributed by atoms with van der Waals surface area (Å²) in [7, 11) is 0. The minimum absolute atomic E-state index is 0.103. The molecule has 7 heteroatoms. The van der Waals surface area contributed by atoms with Gasteiger partial charge in [-0.05, 0) is 30.9 Å². The van der Waals surface area contributed by atoms with Crippen molar-refractivity contribution in [2.75, 3.05) is 0 Å². The molecule has 0 saturated heterocycles. The Hall–Kier alpha value is -3.74. The van der Waals surface area contributed by atoms with Crippen LogP contribution in [0, 0.1) is 6.92 Å². The van der Waals surface area contributed by atoms with Crippen molar-refractivity contribution in [3.05, 3.63) is 99.7 Å². The predicted molar refractivity (Wildman–Crippen MR) is 114 cm³/mol. The summed E-state index contributed by atoms with van der Waals surface area (Å²) in [6.07, 6.45) is 2.64. The van der Waals surface area contributed by atoms with Crippen LogP contribution in [0.4, 0.5) is 0 Å². The van der Waals surface area contributed by atoms with Crippen LogP contribution in [0.3, 0.4) is 0 Å². The molecule has 1 amide bonds. The van der Waals surface area contributed by atoms with E-state index < -0.39 is 0 Å². The number of H-pyrrole nitrogens is 1. The van der Waals surface area contributed by atoms with Crippen LogP contribution in [0.2, 0.25) is 0 Å². The fourth-order valence-corrected chi connectivity index (χ4v) is 3.58. The van der Waals surface area contributed by atoms with E-state index in [2.05, 4.69) is 32.5 Å². The van der Waals surface area contributed by atoms with E-state index in [1.54, 1.807) is 6.92 Å². The van der Waals surface area contributed by atoms with Crippen LogP contribution < -0.4 is 10.9 Å². The zero-order chi connectivity index (χ0) is 20.9. The van der Waals surface area contributed by atoms with E-state index in [4.69, 9.17) is 0 Å². The standard InChI is InChI=1S/C23H23N5O2/c1-16-19(22(30)28-23(26-16)24-15-25-28)12-13-21(29)27-20(18-10-6-3-7-11-18)14-17-8-4-2-5-9-17/h2-11,15,20H,12-14H2,1H3,(H,27,29)(H,24,25,26). The molecule has 4 rings (SSSR count). The quantitative estimate of drug-likeness (QED) is 0.498. The summed E-state index contributed by atoms with van der Waals surface area (Å²) >= 11 is 0. The first-order valence-corrected chi connectivity index (χ1v) is 9.91. The number of rotatable bonds is 7. The van der Waals surface area contributed by atoms with Gasteiger partial charge in [0.05, 0.1) is 11.7 Å². The van der Waals surface area contributed by atoms with E-state index >= 15 is 0 Å². The van der Waals surface area contributed by atoms with Gasteiger partial charge in [-0.25, -0.2) is 9.97 Å². The number of hydrogen-bond donors (Lipinski definition) is 2. The van der Waals surface area contributed by atoms with Gasteiger partial charge in [-0.2, -0.15) is 4.52 Å². The normalized spacial score (nSPS) is 12.0. The van der Waals surface area contributed by atoms with Crippen molar-refractivity contribution in [2.45, 2.75) is 32.2 Å². The second-order valence-electron chi connectivity index (χ2n) is 7.22. The van der Waals surface area contributed by atoms with Gasteiger partial charge >= 0.3 is 0 Å². The molecule has 30 heavy (non-hydrogen) atoms. The van der Waals surface area contributed by atoms with Crippen molar-refractivity contribution in [2.24, 2.45) is 0 Å². The van der Waals surface area contributed by atoms with E-state index in [-0.39, 0.29) is 23.9 Å². The van der Waals surface area contributed by atoms with Crippen LogP contribution in [-0.2, 0) is 17.6 Å². The first-order valence-electron chi connectivity index (χ1n) is 9.91. The molecule has 2 aromatic heterocycles. The summed E-state index contributed by atoms with van der Waals surface area (Å²) in [5, 5.41) is 5.89. The molecule has 0 aliphatic rings. The lowest BCUT2D eigenvalue weighted by Gasteiger charge is -2.19. The van der Waals surface area contributed by atoms with Crippen LogP contribution in [0.1, 0.15) is 34.8 Å². The number of nitrogens with zero attached hydrogens (tertiary/aromatic N) is 3. The molecular weight excluding hydrogens is 378 g/mol. The van der Waals surface area contributed by atoms with Gasteiger partial charge in [0.2, 0.25) is 5.91 Å². The Labute approximate surface area is 173 Å². The smallest absolute Gasteiger partial charge is 0.277 e. The summed E-state index contributed by atoms with van der Waals surface area (Å²) < 4.78 is 1.29. The van der Waals surface area contributed by atoms with Crippen LogP contribution >= 0.6 is 0 Å². The SMILES string of the molecule is Cc1nc2nc[nH]n2c(=O)c1CCC(=O)NC(Cc1ccccc1)c1ccccc1. The molecule has 1 atom stereocenters. The average Bonchev–Trinajstić information content (AvgIpc) is 3.23. The number of benzene rings is 2. The Morgan fingerprint density at radius 1 is 1.10 bits per heavy atom. The Kier molecular flexibility index (Phi) is 5.70. The molecule has 152 valence electrons. The highest BCUT2D eigenvalue weighted by Crippen LogP contribution is 2.19. The molecule has 1 unspecified atom stereocenters. The molecule has 0 aliphatic heterocycles. The maximum atomic E-state index is 12.8. The van der Waals surface area contributed by atoms with Crippen molar-refractivity contribution < 1.29 is 4.79 Å². The molecule has 2 N–H and O–H groups in total. The lowest BCUT2D eigenvalue weighted by atomic mass is 9.98. The van der Waals surface area contributed by atoms with Crippen molar-refractivity contribution in [1.82, 2.24) is 24.9 Å². The van der Waals surface area contributed by atoms with Crippen LogP contribution in [0.15, 0.2) is 71.8 Å². The Morgan fingerprint density at radius 3 is 2.53 bits per heavy atom. The van der Waals surface area contributed by atoms with Crippen LogP contribution in [0.25, 0.3) is 5.78 Å². The number of hydrogen-bond acceptors (Lipinski definition) is 4. The summed E-state index contributed by atoms with van der Waals surface area (Å²) in [5.74, 6) is 0.228. The third-order valence-electron chi connectivity index (χ3n) is 5.15. The van der Waals surface area contributed by atoms with Gasteiger partial charge in [0.15, 0.2) is 0 Å². The molecule has 2 aromatic carbocycles. The van der Waals surface area contributed by atoms with Crippen LogP contribution in [0.5, 0.6) is 0 Å². The predicted octanol–water partition coefficient (Wildman–Crippen LogP) is 2.76. The monoisotopic (exact) mass is 401 g/mol. The third kappa shape index (κ3) is 4.30. The fourth-order valence-electron chi connectivity index (χ4n) is 3.58. The Bertz CT molecular complexity index is 1200. The van der Waals surface area contributed by atoms with Gasteiger partial charge in [-0.15, -0.1) is 0 Å². The minimum atomic E-state index is -0.216. The number of carbonyl (C=O) groups excluding carboxylic acids is 1. The largest absolute Gasteiger partial charge is 0.349 e. The molecule has 0 bridgehead atoms. The molecule has 2 heterocycles. The molecule has 7 nitrogen and oxygen atoms in total. The van der Waals surface area contributed by atoms with Crippen molar-refractivity contribution in [3.63, 3.8) is 0 Å². The van der Waals surface area contributed by atoms with Crippen molar-refractivity contribution in [1.29, 1.82) is 0 Å². The number of aryl methyl sites for hydroxylation is 1. The Morgan fingerprint density at radius 2 is 1.80 bits per heavy atom. The lowest BCUT2D eigenvalue weighted by Crippen LogP contribution is -2.31. The van der Waals surface area contributed by atoms with Gasteiger partial charge in [0.1, 0.15) is 6.33 Å². The van der Waals surface area contributed by atoms with E-state index in [9.17, 15) is 9.59 Å². The van der Waals surface area contributed by atoms with E-state index in [0.717, 1.165) is 11.1 Å². The van der Waals surface area contributed by atoms with E-state index in [1.807, 2.05) is 48.5 Å². The first kappa shape index (κ1) is 19.6. The first-order chi connectivity index (χ1) is 14.6. The zero-order valence-corrected chi connectivity index (χ0v) is 16.7. The minimum Gasteiger partial charge on any atom is -0.349 e. The summed E-state index contributed by atoms with van der Waals surface area (Å²) in [6, 6.07) is 19.9. The highest BCUT2D eigenvalue weighted by molar-refractivity contribution is 5.76. The van der Waals surface area contributed by atoms with Gasteiger partial charge in [-0.1, -0.05) is 60.7 Å². The van der Waals surface area contributed by atoms with E-state index in [1.165, 1.54) is 10.8 Å². The molecule has 0 spiro atoms. The second-order valence-corrected chi connectivity index (χ2v) is 7.22. The topological polar surface area (TPSA) is 92.2 Å². The maximum absolute atomic E-state index is 12.8. The number of nitrogens with one attached hydrogen (secondary N) is 2. The molecule has 0 fully saturated rings. The second kappa shape index (κ2) is 8.73.